The van der Waals surface area contributed by atoms with Crippen molar-refractivity contribution in [2.75, 3.05) is 34.4 Å². The number of aliphatic hydroxyl groups is 2. The van der Waals surface area contributed by atoms with Crippen LogP contribution < -0.4 is 31.0 Å². The molecule has 5 unspecified atom stereocenters. The first-order valence-corrected chi connectivity index (χ1v) is 14.6. The molecule has 0 radical (unpaired) electrons. The van der Waals surface area contributed by atoms with Gasteiger partial charge in [-0.25, -0.2) is 4.79 Å². The molecule has 1 aromatic rings. The van der Waals surface area contributed by atoms with Crippen LogP contribution in [0.5, 0.6) is 17.2 Å². The van der Waals surface area contributed by atoms with Gasteiger partial charge in [-0.3, -0.25) is 19.2 Å². The van der Waals surface area contributed by atoms with E-state index in [-0.39, 0.29) is 32.4 Å². The van der Waals surface area contributed by atoms with E-state index < -0.39 is 65.7 Å². The Morgan fingerprint density at radius 2 is 1.60 bits per heavy atom. The number of carbonyl (C=O) groups is 5. The van der Waals surface area contributed by atoms with E-state index >= 15 is 0 Å². The minimum atomic E-state index is -1.77. The Kier molecular flexibility index (Phi) is 11.4. The molecule has 0 bridgehead atoms. The summed E-state index contributed by atoms with van der Waals surface area (Å²) in [6.07, 6.45) is -4.59. The summed E-state index contributed by atoms with van der Waals surface area (Å²) >= 11 is 0. The average molecular weight is 638 g/mol. The van der Waals surface area contributed by atoms with Crippen molar-refractivity contribution in [1.82, 2.24) is 15.1 Å². The Bertz CT molecular complexity index is 1270. The van der Waals surface area contributed by atoms with Crippen LogP contribution in [0.2, 0.25) is 0 Å². The average Bonchev–Trinajstić information content (AvgIpc) is 3.67. The van der Waals surface area contributed by atoms with E-state index in [4.69, 9.17) is 30.4 Å². The maximum atomic E-state index is 14.3. The molecule has 16 nitrogen and oxygen atoms in total. The lowest BCUT2D eigenvalue weighted by atomic mass is 9.85. The number of aliphatic hydroxyl groups excluding tert-OH is 2. The van der Waals surface area contributed by atoms with Crippen LogP contribution in [-0.2, 0) is 30.3 Å². The number of methoxy groups -OCH3 is 3. The lowest BCUT2D eigenvalue weighted by molar-refractivity contribution is -0.156. The summed E-state index contributed by atoms with van der Waals surface area (Å²) in [6, 6.07) is 1.20. The van der Waals surface area contributed by atoms with Crippen LogP contribution in [0.25, 0.3) is 0 Å². The van der Waals surface area contributed by atoms with Crippen molar-refractivity contribution in [1.29, 1.82) is 0 Å². The maximum Gasteiger partial charge on any atom is 0.404 e. The summed E-state index contributed by atoms with van der Waals surface area (Å²) in [7, 11) is 4.33. The van der Waals surface area contributed by atoms with Crippen LogP contribution in [0, 0.1) is 0 Å². The number of benzene rings is 1. The molecule has 0 spiro atoms. The van der Waals surface area contributed by atoms with E-state index in [0.29, 0.717) is 35.7 Å². The zero-order valence-electron chi connectivity index (χ0n) is 26.1. The number of nitrogens with two attached hydrogens (primary N) is 2. The molecule has 2 heterocycles. The molecule has 250 valence electrons. The molecule has 45 heavy (non-hydrogen) atoms. The highest BCUT2D eigenvalue weighted by Gasteiger charge is 2.53. The topological polar surface area (TPSA) is 233 Å². The fourth-order valence-electron chi connectivity index (χ4n) is 6.03. The van der Waals surface area contributed by atoms with E-state index in [1.165, 1.54) is 45.0 Å². The highest BCUT2D eigenvalue weighted by molar-refractivity contribution is 5.96. The van der Waals surface area contributed by atoms with E-state index in [1.807, 2.05) is 0 Å². The normalized spacial score (nSPS) is 22.2. The van der Waals surface area contributed by atoms with E-state index in [9.17, 15) is 34.2 Å². The first kappa shape index (κ1) is 35.2. The second kappa shape index (κ2) is 14.6. The quantitative estimate of drug-likeness (QED) is 0.172. The number of likely N-dealkylation sites (tertiary alicyclic amines) is 2. The molecule has 7 N–H and O–H groups in total. The Morgan fingerprint density at radius 1 is 0.978 bits per heavy atom. The van der Waals surface area contributed by atoms with E-state index in [0.717, 1.165) is 0 Å². The lowest BCUT2D eigenvalue weighted by Gasteiger charge is -2.41. The van der Waals surface area contributed by atoms with E-state index in [1.54, 1.807) is 12.1 Å². The van der Waals surface area contributed by atoms with Gasteiger partial charge in [0.1, 0.15) is 17.7 Å². The molecule has 0 saturated carbocycles. The molecule has 3 rings (SSSR count). The summed E-state index contributed by atoms with van der Waals surface area (Å²) in [5.41, 5.74) is 9.29. The first-order valence-electron chi connectivity index (χ1n) is 14.6. The molecule has 0 aromatic heterocycles. The zero-order valence-corrected chi connectivity index (χ0v) is 26.1. The van der Waals surface area contributed by atoms with Gasteiger partial charge in [-0.2, -0.15) is 0 Å². The fraction of sp³-hybridized carbons (Fsp3) is 0.621. The molecule has 2 aliphatic heterocycles. The smallest absolute Gasteiger partial charge is 0.404 e. The molecule has 2 aliphatic rings. The minimum absolute atomic E-state index is 0.0343. The molecular formula is C29H43N5O11. The Labute approximate surface area is 260 Å². The van der Waals surface area contributed by atoms with Crippen LogP contribution in [0.4, 0.5) is 4.79 Å². The molecule has 0 aliphatic carbocycles. The summed E-state index contributed by atoms with van der Waals surface area (Å²) in [6.45, 7) is 3.02. The van der Waals surface area contributed by atoms with Crippen LogP contribution in [-0.4, -0.2) is 120 Å². The van der Waals surface area contributed by atoms with Crippen LogP contribution in [0.1, 0.15) is 45.1 Å². The highest BCUT2D eigenvalue weighted by atomic mass is 16.6. The molecule has 16 heteroatoms. The number of primary amides is 2. The van der Waals surface area contributed by atoms with Crippen LogP contribution >= 0.6 is 0 Å². The summed E-state index contributed by atoms with van der Waals surface area (Å²) in [4.78, 5) is 67.1. The molecule has 2 saturated heterocycles. The zero-order chi connectivity index (χ0) is 33.6. The monoisotopic (exact) mass is 637 g/mol. The van der Waals surface area contributed by atoms with Crippen molar-refractivity contribution in [2.45, 2.75) is 81.9 Å². The van der Waals surface area contributed by atoms with Gasteiger partial charge in [-0.15, -0.1) is 0 Å². The molecular weight excluding hydrogens is 594 g/mol. The fourth-order valence-corrected chi connectivity index (χ4v) is 6.03. The predicted octanol–water partition coefficient (Wildman–Crippen LogP) is -1.20. The predicted molar refractivity (Wildman–Crippen MR) is 157 cm³/mol. The van der Waals surface area contributed by atoms with Crippen molar-refractivity contribution in [3.63, 3.8) is 0 Å². The Balaban J connectivity index is 2.03. The third-order valence-corrected chi connectivity index (χ3v) is 8.34. The second-order valence-electron chi connectivity index (χ2n) is 11.2. The van der Waals surface area contributed by atoms with Gasteiger partial charge in [-0.1, -0.05) is 0 Å². The van der Waals surface area contributed by atoms with Crippen molar-refractivity contribution in [3.8, 4) is 17.2 Å². The number of hydrogen-bond acceptors (Lipinski definition) is 11. The van der Waals surface area contributed by atoms with Crippen molar-refractivity contribution < 1.29 is 53.1 Å². The largest absolute Gasteiger partial charge is 0.493 e. The van der Waals surface area contributed by atoms with Gasteiger partial charge >= 0.3 is 6.09 Å². The Hall–Kier alpha value is -4.31. The number of carbonyl (C=O) groups excluding carboxylic acids is 5. The van der Waals surface area contributed by atoms with Gasteiger partial charge in [0.25, 0.3) is 5.91 Å². The van der Waals surface area contributed by atoms with E-state index in [2.05, 4.69) is 5.32 Å². The van der Waals surface area contributed by atoms with Gasteiger partial charge in [0, 0.05) is 19.5 Å². The summed E-state index contributed by atoms with van der Waals surface area (Å²) in [5.74, 6) is -2.05. The van der Waals surface area contributed by atoms with Gasteiger partial charge < -0.3 is 55.7 Å². The van der Waals surface area contributed by atoms with Gasteiger partial charge in [0.2, 0.25) is 23.5 Å². The number of ether oxygens (including phenoxy) is 4. The van der Waals surface area contributed by atoms with Crippen LogP contribution in [0.3, 0.4) is 0 Å². The summed E-state index contributed by atoms with van der Waals surface area (Å²) < 4.78 is 21.1. The van der Waals surface area contributed by atoms with Gasteiger partial charge in [0.05, 0.1) is 27.4 Å². The number of hydrogen-bond donors (Lipinski definition) is 5. The van der Waals surface area contributed by atoms with Gasteiger partial charge in [0.15, 0.2) is 23.7 Å². The standard InChI is InChI=1S/C29H43N5O11/c1-15(21(35)24(30)37)32-27(40)29(14-17-12-19(42-3)23(44-5)20(13-17)43-4)9-7-11-34(29)25(38)18-8-6-10-33(18)26(39)22(36)16(2)45-28(31)41/h12-13,15-16,18,21-22,35-36H,6-11,14H2,1-5H3,(H2,30,37)(H2,31,41)(H,32,40)/t15?,16?,18-,21?,22?,29?/m1/s1. The summed E-state index contributed by atoms with van der Waals surface area (Å²) in [5, 5.41) is 23.5. The van der Waals surface area contributed by atoms with Gasteiger partial charge in [-0.05, 0) is 57.2 Å². The molecule has 5 amide bonds. The number of amides is 5. The van der Waals surface area contributed by atoms with Crippen LogP contribution in [0.15, 0.2) is 12.1 Å². The lowest BCUT2D eigenvalue weighted by Crippen LogP contribution is -2.64. The molecule has 6 atom stereocenters. The third kappa shape index (κ3) is 7.33. The Morgan fingerprint density at radius 3 is 2.13 bits per heavy atom. The third-order valence-electron chi connectivity index (χ3n) is 8.34. The number of nitrogens with zero attached hydrogens (tertiary/aromatic N) is 2. The van der Waals surface area contributed by atoms with Crippen molar-refractivity contribution >= 4 is 29.7 Å². The number of rotatable bonds is 13. The minimum Gasteiger partial charge on any atom is -0.493 e. The second-order valence-corrected chi connectivity index (χ2v) is 11.2. The van der Waals surface area contributed by atoms with Crippen molar-refractivity contribution in [2.24, 2.45) is 11.5 Å². The SMILES string of the molecule is COc1cc(CC2(C(=O)NC(C)C(O)C(N)=O)CCCN2C(=O)[C@H]2CCCN2C(=O)C(O)C(C)OC(N)=O)cc(OC)c1OC. The molecule has 2 fully saturated rings. The first-order chi connectivity index (χ1) is 21.2. The highest BCUT2D eigenvalue weighted by Crippen LogP contribution is 2.42. The molecule has 1 aromatic carbocycles. The number of nitrogens with one attached hydrogen (secondary N) is 1. The van der Waals surface area contributed by atoms with Crippen molar-refractivity contribution in [3.05, 3.63) is 17.7 Å². The maximum absolute atomic E-state index is 14.3.